The first-order valence-corrected chi connectivity index (χ1v) is 9.97. The van der Waals surface area contributed by atoms with Gasteiger partial charge in [-0.15, -0.1) is 11.3 Å². The summed E-state index contributed by atoms with van der Waals surface area (Å²) in [5.74, 6) is -0.938. The number of hydrogen-bond donors (Lipinski definition) is 2. The van der Waals surface area contributed by atoms with Gasteiger partial charge < -0.3 is 11.1 Å². The Labute approximate surface area is 166 Å². The number of halogens is 2. The van der Waals surface area contributed by atoms with Crippen molar-refractivity contribution in [1.29, 1.82) is 0 Å². The van der Waals surface area contributed by atoms with Crippen molar-refractivity contribution in [3.05, 3.63) is 56.7 Å². The van der Waals surface area contributed by atoms with Gasteiger partial charge in [0.05, 0.1) is 10.6 Å². The summed E-state index contributed by atoms with van der Waals surface area (Å²) in [5.41, 5.74) is 7.05. The molecule has 0 aliphatic heterocycles. The van der Waals surface area contributed by atoms with Gasteiger partial charge in [0, 0.05) is 16.5 Å². The van der Waals surface area contributed by atoms with E-state index in [2.05, 4.69) is 12.2 Å². The third-order valence-electron chi connectivity index (χ3n) is 4.83. The lowest BCUT2D eigenvalue weighted by molar-refractivity contribution is -0.111. The fraction of sp³-hybridized carbons (Fsp3) is 0.300. The highest BCUT2D eigenvalue weighted by molar-refractivity contribution is 7.17. The van der Waals surface area contributed by atoms with E-state index in [0.717, 1.165) is 36.1 Å². The fourth-order valence-corrected chi connectivity index (χ4v) is 4.93. The minimum absolute atomic E-state index is 0.140. The van der Waals surface area contributed by atoms with Crippen LogP contribution in [-0.2, 0) is 17.6 Å². The number of carbonyl (C=O) groups is 2. The van der Waals surface area contributed by atoms with E-state index in [1.54, 1.807) is 6.07 Å². The summed E-state index contributed by atoms with van der Waals surface area (Å²) >= 11 is 7.35. The predicted octanol–water partition coefficient (Wildman–Crippen LogP) is 4.81. The van der Waals surface area contributed by atoms with Gasteiger partial charge in [-0.05, 0) is 49.0 Å². The summed E-state index contributed by atoms with van der Waals surface area (Å²) in [6, 6.07) is 4.31. The number of nitrogens with one attached hydrogen (secondary N) is 1. The van der Waals surface area contributed by atoms with Gasteiger partial charge in [-0.3, -0.25) is 9.59 Å². The molecular weight excluding hydrogens is 387 g/mol. The average molecular weight is 407 g/mol. The third kappa shape index (κ3) is 4.22. The molecule has 1 heterocycles. The first-order valence-electron chi connectivity index (χ1n) is 8.78. The molecule has 1 aromatic carbocycles. The summed E-state index contributed by atoms with van der Waals surface area (Å²) in [4.78, 5) is 25.4. The molecule has 0 saturated carbocycles. The molecule has 1 atom stereocenters. The first-order chi connectivity index (χ1) is 12.9. The zero-order valence-corrected chi connectivity index (χ0v) is 16.4. The SMILES string of the molecule is CCC1CCc2c(sc(NC(=O)C=Cc3c(F)cccc3Cl)c2C(N)=O)C1. The molecule has 1 unspecified atom stereocenters. The van der Waals surface area contributed by atoms with Crippen molar-refractivity contribution >= 4 is 45.8 Å². The van der Waals surface area contributed by atoms with Crippen LogP contribution in [0.4, 0.5) is 9.39 Å². The van der Waals surface area contributed by atoms with Crippen molar-refractivity contribution in [3.63, 3.8) is 0 Å². The van der Waals surface area contributed by atoms with Crippen LogP contribution in [0, 0.1) is 11.7 Å². The lowest BCUT2D eigenvalue weighted by atomic mass is 9.85. The van der Waals surface area contributed by atoms with Gasteiger partial charge in [-0.25, -0.2) is 4.39 Å². The second-order valence-corrected chi connectivity index (χ2v) is 8.06. The number of amides is 2. The molecule has 142 valence electrons. The van der Waals surface area contributed by atoms with Gasteiger partial charge in [0.1, 0.15) is 10.8 Å². The maximum absolute atomic E-state index is 13.8. The molecule has 2 amide bonds. The quantitative estimate of drug-likeness (QED) is 0.699. The number of benzene rings is 1. The second kappa shape index (κ2) is 8.23. The highest BCUT2D eigenvalue weighted by atomic mass is 35.5. The minimum Gasteiger partial charge on any atom is -0.365 e. The number of carbonyl (C=O) groups excluding carboxylic acids is 2. The Morgan fingerprint density at radius 2 is 2.22 bits per heavy atom. The monoisotopic (exact) mass is 406 g/mol. The first kappa shape index (κ1) is 19.6. The molecule has 0 fully saturated rings. The number of rotatable bonds is 5. The van der Waals surface area contributed by atoms with Crippen molar-refractivity contribution in [2.45, 2.75) is 32.6 Å². The van der Waals surface area contributed by atoms with Crippen molar-refractivity contribution in [3.8, 4) is 0 Å². The Bertz CT molecular complexity index is 903. The van der Waals surface area contributed by atoms with E-state index in [9.17, 15) is 14.0 Å². The normalized spacial score (nSPS) is 16.3. The summed E-state index contributed by atoms with van der Waals surface area (Å²) in [6.45, 7) is 2.15. The molecule has 3 rings (SSSR count). The van der Waals surface area contributed by atoms with Crippen LogP contribution >= 0.6 is 22.9 Å². The molecule has 0 saturated heterocycles. The van der Waals surface area contributed by atoms with Crippen molar-refractivity contribution < 1.29 is 14.0 Å². The van der Waals surface area contributed by atoms with Crippen LogP contribution in [0.5, 0.6) is 0 Å². The van der Waals surface area contributed by atoms with Gasteiger partial charge >= 0.3 is 0 Å². The van der Waals surface area contributed by atoms with Crippen molar-refractivity contribution in [1.82, 2.24) is 0 Å². The molecule has 1 aliphatic rings. The number of anilines is 1. The number of hydrogen-bond acceptors (Lipinski definition) is 3. The van der Waals surface area contributed by atoms with E-state index in [4.69, 9.17) is 17.3 Å². The Hall–Kier alpha value is -2.18. The molecule has 0 bridgehead atoms. The van der Waals surface area contributed by atoms with Crippen molar-refractivity contribution in [2.75, 3.05) is 5.32 Å². The standard InChI is InChI=1S/C20H20ClFN2O2S/c1-2-11-6-7-13-16(10-11)27-20(18(13)19(23)26)24-17(25)9-8-12-14(21)4-3-5-15(12)22/h3-5,8-9,11H,2,6-7,10H2,1H3,(H2,23,26)(H,24,25). The van der Waals surface area contributed by atoms with E-state index >= 15 is 0 Å². The second-order valence-electron chi connectivity index (χ2n) is 6.55. The topological polar surface area (TPSA) is 72.2 Å². The Kier molecular flexibility index (Phi) is 5.97. The molecule has 4 nitrogen and oxygen atoms in total. The molecule has 0 spiro atoms. The predicted molar refractivity (Wildman–Crippen MR) is 108 cm³/mol. The Morgan fingerprint density at radius 3 is 2.89 bits per heavy atom. The average Bonchev–Trinajstić information content (AvgIpc) is 2.98. The van der Waals surface area contributed by atoms with Crippen LogP contribution in [0.3, 0.4) is 0 Å². The lowest BCUT2D eigenvalue weighted by Crippen LogP contribution is -2.19. The van der Waals surface area contributed by atoms with Gasteiger partial charge in [0.2, 0.25) is 5.91 Å². The summed E-state index contributed by atoms with van der Waals surface area (Å²) in [6.07, 6.45) is 6.29. The Morgan fingerprint density at radius 1 is 1.44 bits per heavy atom. The van der Waals surface area contributed by atoms with Gasteiger partial charge in [0.25, 0.3) is 5.91 Å². The molecular formula is C20H20ClFN2O2S. The summed E-state index contributed by atoms with van der Waals surface area (Å²) in [7, 11) is 0. The summed E-state index contributed by atoms with van der Waals surface area (Å²) in [5, 5.41) is 3.39. The minimum atomic E-state index is -0.543. The van der Waals surface area contributed by atoms with Gasteiger partial charge in [-0.2, -0.15) is 0 Å². The van der Waals surface area contributed by atoms with Crippen LogP contribution in [0.2, 0.25) is 5.02 Å². The van der Waals surface area contributed by atoms with Crippen LogP contribution in [0.25, 0.3) is 6.08 Å². The van der Waals surface area contributed by atoms with Crippen molar-refractivity contribution in [2.24, 2.45) is 11.7 Å². The summed E-state index contributed by atoms with van der Waals surface area (Å²) < 4.78 is 13.8. The van der Waals surface area contributed by atoms with E-state index in [0.29, 0.717) is 16.5 Å². The largest absolute Gasteiger partial charge is 0.365 e. The maximum atomic E-state index is 13.8. The molecule has 7 heteroatoms. The number of fused-ring (bicyclic) bond motifs is 1. The highest BCUT2D eigenvalue weighted by Crippen LogP contribution is 2.40. The molecule has 1 aromatic heterocycles. The van der Waals surface area contributed by atoms with Gasteiger partial charge in [-0.1, -0.05) is 31.0 Å². The van der Waals surface area contributed by atoms with E-state index in [1.165, 1.54) is 35.6 Å². The molecule has 3 N–H and O–H groups in total. The molecule has 2 aromatic rings. The fourth-order valence-electron chi connectivity index (χ4n) is 3.33. The highest BCUT2D eigenvalue weighted by Gasteiger charge is 2.27. The van der Waals surface area contributed by atoms with Crippen LogP contribution < -0.4 is 11.1 Å². The number of thiophene rings is 1. The van der Waals surface area contributed by atoms with Gasteiger partial charge in [0.15, 0.2) is 0 Å². The zero-order chi connectivity index (χ0) is 19.6. The van der Waals surface area contributed by atoms with E-state index < -0.39 is 17.6 Å². The van der Waals surface area contributed by atoms with Crippen LogP contribution in [0.15, 0.2) is 24.3 Å². The maximum Gasteiger partial charge on any atom is 0.251 e. The lowest BCUT2D eigenvalue weighted by Gasteiger charge is -2.20. The molecule has 1 aliphatic carbocycles. The zero-order valence-electron chi connectivity index (χ0n) is 14.9. The van der Waals surface area contributed by atoms with E-state index in [1.807, 2.05) is 0 Å². The molecule has 27 heavy (non-hydrogen) atoms. The third-order valence-corrected chi connectivity index (χ3v) is 6.33. The smallest absolute Gasteiger partial charge is 0.251 e. The number of nitrogens with two attached hydrogens (primary N) is 1. The molecule has 0 radical (unpaired) electrons. The van der Waals surface area contributed by atoms with E-state index in [-0.39, 0.29) is 10.6 Å². The van der Waals surface area contributed by atoms with Crippen LogP contribution in [0.1, 0.15) is 46.1 Å². The Balaban J connectivity index is 1.83. The van der Waals surface area contributed by atoms with Crippen LogP contribution in [-0.4, -0.2) is 11.8 Å². The number of primary amides is 1.